The molecule has 1 aromatic rings. The first-order chi connectivity index (χ1) is 8.43. The maximum absolute atomic E-state index is 5.40. The highest BCUT2D eigenvalue weighted by Crippen LogP contribution is 2.21. The van der Waals surface area contributed by atoms with Crippen molar-refractivity contribution in [2.75, 3.05) is 44.3 Å². The van der Waals surface area contributed by atoms with Crippen LogP contribution in [0.5, 0.6) is 0 Å². The topological polar surface area (TPSA) is 44.4 Å². The van der Waals surface area contributed by atoms with Crippen LogP contribution >= 0.6 is 0 Å². The number of H-pyrrole nitrogens is 1. The fourth-order valence-electron chi connectivity index (χ4n) is 2.83. The van der Waals surface area contributed by atoms with Crippen LogP contribution in [0.4, 0.5) is 5.82 Å². The first kappa shape index (κ1) is 11.0. The molecule has 0 atom stereocenters. The predicted octanol–water partition coefficient (Wildman–Crippen LogP) is 0.711. The Morgan fingerprint density at radius 1 is 1.18 bits per heavy atom. The van der Waals surface area contributed by atoms with Crippen LogP contribution in [0.15, 0.2) is 12.3 Å². The molecule has 5 heteroatoms. The predicted molar refractivity (Wildman–Crippen MR) is 66.2 cm³/mol. The SMILES string of the molecule is c1cc(N2CCC(N3CCOCC3)CC2)n[nH]1. The van der Waals surface area contributed by atoms with Crippen molar-refractivity contribution in [1.82, 2.24) is 15.1 Å². The largest absolute Gasteiger partial charge is 0.379 e. The lowest BCUT2D eigenvalue weighted by Crippen LogP contribution is -2.49. The molecule has 2 fully saturated rings. The Morgan fingerprint density at radius 2 is 1.94 bits per heavy atom. The number of aromatic nitrogens is 2. The second-order valence-corrected chi connectivity index (χ2v) is 4.80. The molecule has 3 rings (SSSR count). The molecule has 5 nitrogen and oxygen atoms in total. The molecule has 2 aliphatic heterocycles. The number of hydrogen-bond acceptors (Lipinski definition) is 4. The van der Waals surface area contributed by atoms with Crippen molar-refractivity contribution in [2.45, 2.75) is 18.9 Å². The van der Waals surface area contributed by atoms with Gasteiger partial charge in [-0.3, -0.25) is 10.00 Å². The highest BCUT2D eigenvalue weighted by molar-refractivity contribution is 5.36. The number of nitrogens with one attached hydrogen (secondary N) is 1. The van der Waals surface area contributed by atoms with E-state index in [0.29, 0.717) is 0 Å². The minimum absolute atomic E-state index is 0.745. The van der Waals surface area contributed by atoms with Gasteiger partial charge >= 0.3 is 0 Å². The number of aromatic amines is 1. The minimum Gasteiger partial charge on any atom is -0.379 e. The molecule has 94 valence electrons. The zero-order valence-electron chi connectivity index (χ0n) is 10.1. The van der Waals surface area contributed by atoms with Crippen molar-refractivity contribution in [3.63, 3.8) is 0 Å². The summed E-state index contributed by atoms with van der Waals surface area (Å²) in [5.41, 5.74) is 0. The third kappa shape index (κ3) is 2.45. The van der Waals surface area contributed by atoms with Gasteiger partial charge in [0.2, 0.25) is 0 Å². The third-order valence-electron chi connectivity index (χ3n) is 3.84. The molecular formula is C12H20N4O. The molecule has 2 saturated heterocycles. The van der Waals surface area contributed by atoms with Crippen LogP contribution in [-0.4, -0.2) is 60.5 Å². The van der Waals surface area contributed by atoms with Crippen LogP contribution in [0, 0.1) is 0 Å². The number of hydrogen-bond donors (Lipinski definition) is 1. The maximum Gasteiger partial charge on any atom is 0.150 e. The fraction of sp³-hybridized carbons (Fsp3) is 0.750. The van der Waals surface area contributed by atoms with Crippen molar-refractivity contribution in [3.05, 3.63) is 12.3 Å². The van der Waals surface area contributed by atoms with E-state index in [1.54, 1.807) is 0 Å². The van der Waals surface area contributed by atoms with Gasteiger partial charge in [-0.1, -0.05) is 0 Å². The number of piperidine rings is 1. The summed E-state index contributed by atoms with van der Waals surface area (Å²) in [6.07, 6.45) is 4.38. The van der Waals surface area contributed by atoms with E-state index in [0.717, 1.165) is 51.3 Å². The van der Waals surface area contributed by atoms with Crippen LogP contribution in [0.1, 0.15) is 12.8 Å². The quantitative estimate of drug-likeness (QED) is 0.821. The van der Waals surface area contributed by atoms with Crippen molar-refractivity contribution in [2.24, 2.45) is 0 Å². The summed E-state index contributed by atoms with van der Waals surface area (Å²) in [5.74, 6) is 1.09. The van der Waals surface area contributed by atoms with Crippen LogP contribution < -0.4 is 4.90 Å². The molecule has 0 amide bonds. The van der Waals surface area contributed by atoms with E-state index in [9.17, 15) is 0 Å². The van der Waals surface area contributed by atoms with E-state index in [4.69, 9.17) is 4.74 Å². The van der Waals surface area contributed by atoms with Crippen LogP contribution in [0.3, 0.4) is 0 Å². The molecule has 3 heterocycles. The molecule has 0 aliphatic carbocycles. The molecule has 0 saturated carbocycles. The molecule has 0 radical (unpaired) electrons. The Bertz CT molecular complexity index is 326. The summed E-state index contributed by atoms with van der Waals surface area (Å²) >= 11 is 0. The molecule has 1 aromatic heterocycles. The van der Waals surface area contributed by atoms with Gasteiger partial charge in [0.15, 0.2) is 0 Å². The van der Waals surface area contributed by atoms with Gasteiger partial charge in [0.1, 0.15) is 5.82 Å². The fourth-order valence-corrected chi connectivity index (χ4v) is 2.83. The molecule has 1 N–H and O–H groups in total. The molecule has 0 unspecified atom stereocenters. The number of morpholine rings is 1. The van der Waals surface area contributed by atoms with Gasteiger partial charge in [-0.05, 0) is 12.8 Å². The Morgan fingerprint density at radius 3 is 2.59 bits per heavy atom. The molecule has 0 aromatic carbocycles. The Labute approximate surface area is 102 Å². The van der Waals surface area contributed by atoms with Gasteiger partial charge in [0.05, 0.1) is 13.2 Å². The minimum atomic E-state index is 0.745. The summed E-state index contributed by atoms with van der Waals surface area (Å²) in [6, 6.07) is 2.80. The van der Waals surface area contributed by atoms with Crippen LogP contribution in [0.25, 0.3) is 0 Å². The molecule has 17 heavy (non-hydrogen) atoms. The van der Waals surface area contributed by atoms with Gasteiger partial charge in [0, 0.05) is 44.5 Å². The summed E-state index contributed by atoms with van der Waals surface area (Å²) in [6.45, 7) is 6.25. The summed E-state index contributed by atoms with van der Waals surface area (Å²) in [4.78, 5) is 4.96. The molecule has 0 bridgehead atoms. The van der Waals surface area contributed by atoms with E-state index < -0.39 is 0 Å². The van der Waals surface area contributed by atoms with E-state index in [2.05, 4.69) is 26.1 Å². The molecule has 2 aliphatic rings. The van der Waals surface area contributed by atoms with Crippen LogP contribution in [-0.2, 0) is 4.74 Å². The third-order valence-corrected chi connectivity index (χ3v) is 3.84. The van der Waals surface area contributed by atoms with Gasteiger partial charge in [-0.2, -0.15) is 5.10 Å². The Balaban J connectivity index is 1.53. The Kier molecular flexibility index (Phi) is 3.29. The van der Waals surface area contributed by atoms with Gasteiger partial charge in [0.25, 0.3) is 0 Å². The number of ether oxygens (including phenoxy) is 1. The summed E-state index contributed by atoms with van der Waals surface area (Å²) < 4.78 is 5.40. The second kappa shape index (κ2) is 5.06. The lowest BCUT2D eigenvalue weighted by atomic mass is 10.0. The van der Waals surface area contributed by atoms with Gasteiger partial charge in [-0.25, -0.2) is 0 Å². The average molecular weight is 236 g/mol. The van der Waals surface area contributed by atoms with E-state index >= 15 is 0 Å². The lowest BCUT2D eigenvalue weighted by molar-refractivity contribution is 0.0115. The second-order valence-electron chi connectivity index (χ2n) is 4.80. The standard InChI is InChI=1S/C12H20N4O/c1-4-13-14-12(1)16-5-2-11(3-6-16)15-7-9-17-10-8-15/h1,4,11H,2-3,5-10H2,(H,13,14). The van der Waals surface area contributed by atoms with Crippen molar-refractivity contribution in [1.29, 1.82) is 0 Å². The van der Waals surface area contributed by atoms with Crippen molar-refractivity contribution < 1.29 is 4.74 Å². The molecular weight excluding hydrogens is 216 g/mol. The summed E-state index contributed by atoms with van der Waals surface area (Å²) in [5, 5.41) is 7.13. The van der Waals surface area contributed by atoms with Gasteiger partial charge in [-0.15, -0.1) is 0 Å². The zero-order chi connectivity index (χ0) is 11.5. The lowest BCUT2D eigenvalue weighted by Gasteiger charge is -2.40. The van der Waals surface area contributed by atoms with Crippen LogP contribution in [0.2, 0.25) is 0 Å². The summed E-state index contributed by atoms with van der Waals surface area (Å²) in [7, 11) is 0. The highest BCUT2D eigenvalue weighted by Gasteiger charge is 2.26. The van der Waals surface area contributed by atoms with E-state index in [-0.39, 0.29) is 0 Å². The van der Waals surface area contributed by atoms with E-state index in [1.807, 2.05) is 6.20 Å². The zero-order valence-corrected chi connectivity index (χ0v) is 10.1. The highest BCUT2D eigenvalue weighted by atomic mass is 16.5. The number of nitrogens with zero attached hydrogens (tertiary/aromatic N) is 3. The van der Waals surface area contributed by atoms with Crippen molar-refractivity contribution in [3.8, 4) is 0 Å². The first-order valence-electron chi connectivity index (χ1n) is 6.50. The first-order valence-corrected chi connectivity index (χ1v) is 6.50. The van der Waals surface area contributed by atoms with Crippen molar-refractivity contribution >= 4 is 5.82 Å². The normalized spacial score (nSPS) is 24.1. The number of anilines is 1. The average Bonchev–Trinajstić information content (AvgIpc) is 2.94. The van der Waals surface area contributed by atoms with Gasteiger partial charge < -0.3 is 9.64 Å². The monoisotopic (exact) mass is 236 g/mol. The maximum atomic E-state index is 5.40. The van der Waals surface area contributed by atoms with E-state index in [1.165, 1.54) is 12.8 Å². The smallest absolute Gasteiger partial charge is 0.150 e. The number of rotatable bonds is 2. The molecule has 0 spiro atoms. The Hall–Kier alpha value is -1.07.